The molecule has 0 amide bonds. The number of aryl methyl sites for hydroxylation is 1. The van der Waals surface area contributed by atoms with Crippen molar-refractivity contribution in [1.82, 2.24) is 0 Å². The van der Waals surface area contributed by atoms with Gasteiger partial charge in [0.25, 0.3) is 0 Å². The standard InChI is InChI=1S/C8H16O2.C7H8.C6H12O.2C4H8O/c1-6(2)5-10-8(9)7(3)4;1-7-5-3-2-4-6-7;1-5(2)4-6(3)7;2*1-3-4(2)5/h6-7H,5H2,1-4H3;2-6H,1H3;5H,4H2,1-3H3;2*3H2,1-2H3. The molecule has 198 valence electrons. The van der Waals surface area contributed by atoms with E-state index < -0.39 is 0 Å². The van der Waals surface area contributed by atoms with Crippen LogP contribution in [0.25, 0.3) is 0 Å². The van der Waals surface area contributed by atoms with Gasteiger partial charge in [0.05, 0.1) is 12.5 Å². The van der Waals surface area contributed by atoms with Gasteiger partial charge in [-0.2, -0.15) is 0 Å². The largest absolute Gasteiger partial charge is 0.465 e. The summed E-state index contributed by atoms with van der Waals surface area (Å²) in [4.78, 5) is 40.7. The summed E-state index contributed by atoms with van der Waals surface area (Å²) in [5.41, 5.74) is 1.32. The maximum Gasteiger partial charge on any atom is 0.308 e. The first-order valence-corrected chi connectivity index (χ1v) is 12.3. The summed E-state index contributed by atoms with van der Waals surface area (Å²) in [5, 5.41) is 0. The smallest absolute Gasteiger partial charge is 0.308 e. The Morgan fingerprint density at radius 2 is 1.09 bits per heavy atom. The topological polar surface area (TPSA) is 77.5 Å². The maximum absolute atomic E-state index is 10.8. The van der Waals surface area contributed by atoms with Crippen LogP contribution >= 0.6 is 0 Å². The number of Topliss-reactive ketones (excluding diaryl/α,β-unsaturated/α-hetero) is 3. The summed E-state index contributed by atoms with van der Waals surface area (Å²) in [6.45, 7) is 22.9. The van der Waals surface area contributed by atoms with Crippen LogP contribution < -0.4 is 0 Å². The number of hydrogen-bond acceptors (Lipinski definition) is 5. The summed E-state index contributed by atoms with van der Waals surface area (Å²) in [7, 11) is 0. The van der Waals surface area contributed by atoms with Crippen LogP contribution in [0.4, 0.5) is 0 Å². The zero-order valence-electron chi connectivity index (χ0n) is 24.0. The third-order valence-corrected chi connectivity index (χ3v) is 3.66. The number of carbonyl (C=O) groups excluding carboxylic acids is 4. The van der Waals surface area contributed by atoms with Gasteiger partial charge in [-0.1, -0.05) is 91.3 Å². The van der Waals surface area contributed by atoms with Crippen LogP contribution in [0.3, 0.4) is 0 Å². The average molecular weight is 481 g/mol. The Bertz CT molecular complexity index is 617. The number of ketones is 3. The van der Waals surface area contributed by atoms with Crippen LogP contribution in [0.15, 0.2) is 30.3 Å². The molecular formula is C29H52O5. The van der Waals surface area contributed by atoms with Crippen LogP contribution in [0.2, 0.25) is 0 Å². The van der Waals surface area contributed by atoms with Gasteiger partial charge in [-0.25, -0.2) is 0 Å². The van der Waals surface area contributed by atoms with E-state index in [0.29, 0.717) is 31.3 Å². The molecule has 0 aliphatic heterocycles. The first-order valence-electron chi connectivity index (χ1n) is 12.3. The lowest BCUT2D eigenvalue weighted by molar-refractivity contribution is -0.148. The van der Waals surface area contributed by atoms with Crippen LogP contribution in [-0.2, 0) is 23.9 Å². The van der Waals surface area contributed by atoms with Crippen molar-refractivity contribution < 1.29 is 23.9 Å². The lowest BCUT2D eigenvalue weighted by Crippen LogP contribution is -2.14. The number of esters is 1. The maximum atomic E-state index is 10.8. The molecule has 0 fully saturated rings. The molecule has 1 aromatic rings. The second-order valence-corrected chi connectivity index (χ2v) is 9.24. The Morgan fingerprint density at radius 1 is 0.706 bits per heavy atom. The molecule has 0 saturated heterocycles. The van der Waals surface area contributed by atoms with Crippen LogP contribution in [-0.4, -0.2) is 29.9 Å². The van der Waals surface area contributed by atoms with Gasteiger partial charge in [-0.3, -0.25) is 4.79 Å². The van der Waals surface area contributed by atoms with Crippen molar-refractivity contribution in [3.8, 4) is 0 Å². The molecule has 1 aromatic carbocycles. The number of benzene rings is 1. The molecule has 5 heteroatoms. The molecule has 1 rings (SSSR count). The van der Waals surface area contributed by atoms with Crippen molar-refractivity contribution in [2.24, 2.45) is 17.8 Å². The molecule has 5 nitrogen and oxygen atoms in total. The highest BCUT2D eigenvalue weighted by Crippen LogP contribution is 1.99. The molecule has 0 unspecified atom stereocenters. The van der Waals surface area contributed by atoms with Gasteiger partial charge in [-0.05, 0) is 39.5 Å². The van der Waals surface area contributed by atoms with E-state index in [1.54, 1.807) is 20.8 Å². The SMILES string of the molecule is CC(=O)CC(C)C.CC(C)COC(=O)C(C)C.CCC(C)=O.CCC(C)=O.Cc1ccccc1. The third kappa shape index (κ3) is 47.5. The zero-order valence-corrected chi connectivity index (χ0v) is 24.0. The van der Waals surface area contributed by atoms with Gasteiger partial charge in [0.1, 0.15) is 17.3 Å². The Hall–Kier alpha value is -2.30. The van der Waals surface area contributed by atoms with Gasteiger partial charge >= 0.3 is 5.97 Å². The predicted octanol–water partition coefficient (Wildman–Crippen LogP) is 7.43. The molecule has 0 radical (unpaired) electrons. The minimum absolute atomic E-state index is 0.00116. The van der Waals surface area contributed by atoms with E-state index in [-0.39, 0.29) is 29.2 Å². The fourth-order valence-corrected chi connectivity index (χ4v) is 1.52. The fourth-order valence-electron chi connectivity index (χ4n) is 1.52. The molecule has 0 aromatic heterocycles. The van der Waals surface area contributed by atoms with E-state index in [1.807, 2.05) is 73.6 Å². The number of rotatable bonds is 7. The Balaban J connectivity index is -0.000000170. The monoisotopic (exact) mass is 480 g/mol. The third-order valence-electron chi connectivity index (χ3n) is 3.66. The summed E-state index contributed by atoms with van der Waals surface area (Å²) in [6.07, 6.45) is 2.06. The highest BCUT2D eigenvalue weighted by atomic mass is 16.5. The molecule has 0 atom stereocenters. The van der Waals surface area contributed by atoms with Crippen molar-refractivity contribution in [3.05, 3.63) is 35.9 Å². The van der Waals surface area contributed by atoms with Crippen molar-refractivity contribution in [3.63, 3.8) is 0 Å². The minimum atomic E-state index is -0.103. The quantitative estimate of drug-likeness (QED) is 0.379. The number of carbonyl (C=O) groups is 4. The summed E-state index contributed by atoms with van der Waals surface area (Å²) >= 11 is 0. The molecular weight excluding hydrogens is 428 g/mol. The molecule has 0 spiro atoms. The molecule has 34 heavy (non-hydrogen) atoms. The van der Waals surface area contributed by atoms with E-state index >= 15 is 0 Å². The molecule has 0 aliphatic carbocycles. The Kier molecular flexibility index (Phi) is 30.9. The van der Waals surface area contributed by atoms with Gasteiger partial charge in [-0.15, -0.1) is 0 Å². The lowest BCUT2D eigenvalue weighted by Gasteiger charge is -2.08. The van der Waals surface area contributed by atoms with Crippen LogP contribution in [0, 0.1) is 24.7 Å². The second-order valence-electron chi connectivity index (χ2n) is 9.24. The lowest BCUT2D eigenvalue weighted by atomic mass is 10.1. The molecule has 0 bridgehead atoms. The zero-order chi connectivity index (χ0) is 27.7. The van der Waals surface area contributed by atoms with E-state index in [9.17, 15) is 19.2 Å². The fraction of sp³-hybridized carbons (Fsp3) is 0.655. The van der Waals surface area contributed by atoms with E-state index in [2.05, 4.69) is 19.1 Å². The van der Waals surface area contributed by atoms with Crippen molar-refractivity contribution in [1.29, 1.82) is 0 Å². The van der Waals surface area contributed by atoms with Crippen LogP contribution in [0.5, 0.6) is 0 Å². The molecule has 0 N–H and O–H groups in total. The highest BCUT2D eigenvalue weighted by molar-refractivity contribution is 5.75. The summed E-state index contributed by atoms with van der Waals surface area (Å²) < 4.78 is 4.93. The Labute approximate surface area is 210 Å². The van der Waals surface area contributed by atoms with Crippen molar-refractivity contribution in [2.75, 3.05) is 6.61 Å². The average Bonchev–Trinajstić information content (AvgIpc) is 2.73. The van der Waals surface area contributed by atoms with E-state index in [1.165, 1.54) is 5.56 Å². The normalized spacial score (nSPS) is 9.15. The van der Waals surface area contributed by atoms with Gasteiger partial charge in [0.2, 0.25) is 0 Å². The summed E-state index contributed by atoms with van der Waals surface area (Å²) in [5.74, 6) is 1.65. The Morgan fingerprint density at radius 3 is 1.24 bits per heavy atom. The molecule has 0 saturated carbocycles. The number of ether oxygens (including phenoxy) is 1. The highest BCUT2D eigenvalue weighted by Gasteiger charge is 2.07. The van der Waals surface area contributed by atoms with Crippen molar-refractivity contribution in [2.45, 2.75) is 102 Å². The van der Waals surface area contributed by atoms with Gasteiger partial charge in [0, 0.05) is 19.3 Å². The van der Waals surface area contributed by atoms with E-state index in [4.69, 9.17) is 4.74 Å². The number of hydrogen-bond donors (Lipinski definition) is 0. The predicted molar refractivity (Wildman–Crippen MR) is 144 cm³/mol. The van der Waals surface area contributed by atoms with Crippen LogP contribution in [0.1, 0.15) is 101 Å². The second kappa shape index (κ2) is 26.9. The van der Waals surface area contributed by atoms with Gasteiger partial charge < -0.3 is 19.1 Å². The summed E-state index contributed by atoms with van der Waals surface area (Å²) in [6, 6.07) is 10.3. The van der Waals surface area contributed by atoms with Crippen molar-refractivity contribution >= 4 is 23.3 Å². The van der Waals surface area contributed by atoms with E-state index in [0.717, 1.165) is 6.42 Å². The minimum Gasteiger partial charge on any atom is -0.465 e. The molecule has 0 aliphatic rings. The molecule has 0 heterocycles. The van der Waals surface area contributed by atoms with Gasteiger partial charge in [0.15, 0.2) is 0 Å². The first-order chi connectivity index (χ1) is 15.6. The first kappa shape index (κ1) is 38.9.